The van der Waals surface area contributed by atoms with E-state index < -0.39 is 0 Å². The SMILES string of the molecule is CC(C)C1CCC2(CC1)OCCC2O. The molecule has 2 rings (SSSR count). The summed E-state index contributed by atoms with van der Waals surface area (Å²) in [5, 5.41) is 9.90. The maximum Gasteiger partial charge on any atom is 0.0941 e. The number of hydrogen-bond donors (Lipinski definition) is 1. The highest BCUT2D eigenvalue weighted by molar-refractivity contribution is 4.96. The largest absolute Gasteiger partial charge is 0.390 e. The van der Waals surface area contributed by atoms with Gasteiger partial charge in [-0.25, -0.2) is 0 Å². The first-order chi connectivity index (χ1) is 6.64. The van der Waals surface area contributed by atoms with Gasteiger partial charge in [-0.2, -0.15) is 0 Å². The van der Waals surface area contributed by atoms with Crippen LogP contribution in [-0.4, -0.2) is 23.4 Å². The summed E-state index contributed by atoms with van der Waals surface area (Å²) < 4.78 is 5.77. The Labute approximate surface area is 86.6 Å². The molecule has 1 atom stereocenters. The Hall–Kier alpha value is -0.0800. The number of aliphatic hydroxyl groups is 1. The van der Waals surface area contributed by atoms with E-state index in [0.717, 1.165) is 37.7 Å². The van der Waals surface area contributed by atoms with E-state index in [0.29, 0.717) is 0 Å². The Morgan fingerprint density at radius 3 is 2.29 bits per heavy atom. The van der Waals surface area contributed by atoms with Crippen LogP contribution >= 0.6 is 0 Å². The van der Waals surface area contributed by atoms with Gasteiger partial charge in [0.05, 0.1) is 18.3 Å². The number of rotatable bonds is 1. The molecule has 2 aliphatic rings. The van der Waals surface area contributed by atoms with E-state index in [-0.39, 0.29) is 11.7 Å². The monoisotopic (exact) mass is 198 g/mol. The molecule has 1 saturated carbocycles. The van der Waals surface area contributed by atoms with Gasteiger partial charge in [0.1, 0.15) is 0 Å². The highest BCUT2D eigenvalue weighted by atomic mass is 16.5. The van der Waals surface area contributed by atoms with Crippen LogP contribution in [0.25, 0.3) is 0 Å². The smallest absolute Gasteiger partial charge is 0.0941 e. The van der Waals surface area contributed by atoms with Crippen LogP contribution in [-0.2, 0) is 4.74 Å². The fourth-order valence-electron chi connectivity index (χ4n) is 3.01. The van der Waals surface area contributed by atoms with Gasteiger partial charge in [-0.1, -0.05) is 13.8 Å². The van der Waals surface area contributed by atoms with E-state index in [9.17, 15) is 5.11 Å². The first-order valence-electron chi connectivity index (χ1n) is 5.96. The van der Waals surface area contributed by atoms with Gasteiger partial charge in [0.25, 0.3) is 0 Å². The van der Waals surface area contributed by atoms with Crippen LogP contribution < -0.4 is 0 Å². The van der Waals surface area contributed by atoms with Crippen LogP contribution in [0.15, 0.2) is 0 Å². The Bertz CT molecular complexity index is 192. The van der Waals surface area contributed by atoms with Crippen molar-refractivity contribution in [2.75, 3.05) is 6.61 Å². The maximum atomic E-state index is 9.90. The van der Waals surface area contributed by atoms with E-state index in [2.05, 4.69) is 13.8 Å². The Morgan fingerprint density at radius 2 is 1.86 bits per heavy atom. The number of aliphatic hydroxyl groups excluding tert-OH is 1. The minimum atomic E-state index is -0.199. The van der Waals surface area contributed by atoms with Gasteiger partial charge >= 0.3 is 0 Å². The molecule has 14 heavy (non-hydrogen) atoms. The van der Waals surface area contributed by atoms with Crippen molar-refractivity contribution < 1.29 is 9.84 Å². The molecule has 1 unspecified atom stereocenters. The summed E-state index contributed by atoms with van der Waals surface area (Å²) in [6.45, 7) is 5.36. The lowest BCUT2D eigenvalue weighted by Gasteiger charge is -2.39. The molecule has 0 aromatic heterocycles. The maximum absolute atomic E-state index is 9.90. The van der Waals surface area contributed by atoms with Crippen molar-refractivity contribution in [1.82, 2.24) is 0 Å². The predicted octanol–water partition coefficient (Wildman–Crippen LogP) is 2.35. The topological polar surface area (TPSA) is 29.5 Å². The first-order valence-corrected chi connectivity index (χ1v) is 5.96. The fraction of sp³-hybridized carbons (Fsp3) is 1.00. The van der Waals surface area contributed by atoms with Crippen LogP contribution in [0.5, 0.6) is 0 Å². The van der Waals surface area contributed by atoms with Gasteiger partial charge in [0, 0.05) is 0 Å². The average Bonchev–Trinajstić information content (AvgIpc) is 2.49. The van der Waals surface area contributed by atoms with Crippen molar-refractivity contribution in [2.45, 2.75) is 57.7 Å². The molecule has 1 N–H and O–H groups in total. The molecule has 1 saturated heterocycles. The zero-order valence-electron chi connectivity index (χ0n) is 9.33. The minimum Gasteiger partial charge on any atom is -0.390 e. The fourth-order valence-corrected chi connectivity index (χ4v) is 3.01. The summed E-state index contributed by atoms with van der Waals surface area (Å²) in [6, 6.07) is 0. The second kappa shape index (κ2) is 3.82. The zero-order valence-corrected chi connectivity index (χ0v) is 9.33. The summed E-state index contributed by atoms with van der Waals surface area (Å²) in [5.74, 6) is 1.63. The van der Waals surface area contributed by atoms with Gasteiger partial charge in [0.15, 0.2) is 0 Å². The van der Waals surface area contributed by atoms with Crippen molar-refractivity contribution in [1.29, 1.82) is 0 Å². The second-order valence-corrected chi connectivity index (χ2v) is 5.30. The van der Waals surface area contributed by atoms with Gasteiger partial charge < -0.3 is 9.84 Å². The lowest BCUT2D eigenvalue weighted by Crippen LogP contribution is -2.43. The molecule has 2 fully saturated rings. The second-order valence-electron chi connectivity index (χ2n) is 5.30. The molecule has 0 radical (unpaired) electrons. The molecule has 0 aromatic carbocycles. The lowest BCUT2D eigenvalue weighted by atomic mass is 9.73. The van der Waals surface area contributed by atoms with Crippen molar-refractivity contribution >= 4 is 0 Å². The van der Waals surface area contributed by atoms with Crippen LogP contribution in [0.3, 0.4) is 0 Å². The number of hydrogen-bond acceptors (Lipinski definition) is 2. The minimum absolute atomic E-state index is 0.147. The molecule has 82 valence electrons. The average molecular weight is 198 g/mol. The van der Waals surface area contributed by atoms with Crippen molar-refractivity contribution in [2.24, 2.45) is 11.8 Å². The standard InChI is InChI=1S/C12H22O2/c1-9(2)10-3-6-12(7-4-10)11(13)5-8-14-12/h9-11,13H,3-8H2,1-2H3. The molecule has 0 aromatic rings. The molecule has 2 heteroatoms. The molecule has 1 spiro atoms. The van der Waals surface area contributed by atoms with Gasteiger partial charge in [0.2, 0.25) is 0 Å². The van der Waals surface area contributed by atoms with Crippen LogP contribution in [0.4, 0.5) is 0 Å². The van der Waals surface area contributed by atoms with Gasteiger partial charge in [-0.3, -0.25) is 0 Å². The molecular formula is C12H22O2. The summed E-state index contributed by atoms with van der Waals surface area (Å²) in [5.41, 5.74) is -0.147. The van der Waals surface area contributed by atoms with E-state index in [1.54, 1.807) is 0 Å². The summed E-state index contributed by atoms with van der Waals surface area (Å²) >= 11 is 0. The molecule has 0 bridgehead atoms. The van der Waals surface area contributed by atoms with E-state index in [1.807, 2.05) is 0 Å². The number of ether oxygens (including phenoxy) is 1. The van der Waals surface area contributed by atoms with E-state index in [4.69, 9.17) is 4.74 Å². The van der Waals surface area contributed by atoms with Crippen molar-refractivity contribution in [3.05, 3.63) is 0 Å². The quantitative estimate of drug-likeness (QED) is 0.701. The van der Waals surface area contributed by atoms with Crippen molar-refractivity contribution in [3.63, 3.8) is 0 Å². The zero-order chi connectivity index (χ0) is 10.2. The predicted molar refractivity (Wildman–Crippen MR) is 56.1 cm³/mol. The summed E-state index contributed by atoms with van der Waals surface area (Å²) in [7, 11) is 0. The van der Waals surface area contributed by atoms with Crippen molar-refractivity contribution in [3.8, 4) is 0 Å². The third kappa shape index (κ3) is 1.70. The molecular weight excluding hydrogens is 176 g/mol. The van der Waals surface area contributed by atoms with Crippen LogP contribution in [0.1, 0.15) is 46.0 Å². The third-order valence-corrected chi connectivity index (χ3v) is 4.21. The lowest BCUT2D eigenvalue weighted by molar-refractivity contribution is -0.0915. The van der Waals surface area contributed by atoms with Gasteiger partial charge in [-0.05, 0) is 43.9 Å². The van der Waals surface area contributed by atoms with E-state index in [1.165, 1.54) is 12.8 Å². The first kappa shape index (κ1) is 10.4. The molecule has 1 aliphatic heterocycles. The Morgan fingerprint density at radius 1 is 1.21 bits per heavy atom. The molecule has 1 aliphatic carbocycles. The van der Waals surface area contributed by atoms with Crippen LogP contribution in [0.2, 0.25) is 0 Å². The summed E-state index contributed by atoms with van der Waals surface area (Å²) in [6.07, 6.45) is 5.24. The third-order valence-electron chi connectivity index (χ3n) is 4.21. The Balaban J connectivity index is 1.94. The Kier molecular flexibility index (Phi) is 2.85. The molecule has 2 nitrogen and oxygen atoms in total. The van der Waals surface area contributed by atoms with E-state index >= 15 is 0 Å². The highest BCUT2D eigenvalue weighted by Crippen LogP contribution is 2.43. The molecule has 1 heterocycles. The molecule has 0 amide bonds. The normalized spacial score (nSPS) is 43.7. The summed E-state index contributed by atoms with van der Waals surface area (Å²) in [4.78, 5) is 0. The van der Waals surface area contributed by atoms with Gasteiger partial charge in [-0.15, -0.1) is 0 Å². The van der Waals surface area contributed by atoms with Crippen LogP contribution in [0, 0.1) is 11.8 Å². The highest BCUT2D eigenvalue weighted by Gasteiger charge is 2.45.